The van der Waals surface area contributed by atoms with Crippen LogP contribution in [-0.4, -0.2) is 97.4 Å². The third-order valence-electron chi connectivity index (χ3n) is 18.5. The summed E-state index contributed by atoms with van der Waals surface area (Å²) in [6.07, 6.45) is 44.5. The van der Waals surface area contributed by atoms with Crippen molar-refractivity contribution in [3.05, 3.63) is 196 Å². The number of para-hydroxylation sites is 1. The van der Waals surface area contributed by atoms with Crippen LogP contribution in [-0.2, 0) is 85.0 Å². The summed E-state index contributed by atoms with van der Waals surface area (Å²) in [5.74, 6) is -2.23. The number of carboxylic acids is 3. The summed E-state index contributed by atoms with van der Waals surface area (Å²) < 4.78 is 0. The maximum Gasteiger partial charge on any atom is 0.320 e. The molecule has 0 saturated carbocycles. The first-order valence-corrected chi connectivity index (χ1v) is 38.9. The van der Waals surface area contributed by atoms with Crippen LogP contribution in [0.5, 0.6) is 0 Å². The zero-order chi connectivity index (χ0) is 72.6. The quantitative estimate of drug-likeness (QED) is 0.0231. The van der Waals surface area contributed by atoms with Gasteiger partial charge >= 0.3 is 17.9 Å². The Morgan fingerprint density at radius 1 is 0.350 bits per heavy atom. The topological polar surface area (TPSA) is 212 Å². The van der Waals surface area contributed by atoms with Crippen molar-refractivity contribution in [2.75, 3.05) is 21.1 Å². The first-order valence-electron chi connectivity index (χ1n) is 38.9. The molecule has 3 atom stereocenters. The van der Waals surface area contributed by atoms with Gasteiger partial charge in [0, 0.05) is 45.7 Å². The van der Waals surface area contributed by atoms with Crippen LogP contribution in [0, 0.1) is 0 Å². The fourth-order valence-electron chi connectivity index (χ4n) is 12.9. The Morgan fingerprint density at radius 3 is 0.980 bits per heavy atom. The summed E-state index contributed by atoms with van der Waals surface area (Å²) in [6.45, 7) is 12.0. The van der Waals surface area contributed by atoms with Crippen molar-refractivity contribution in [2.45, 2.75) is 291 Å². The van der Waals surface area contributed by atoms with Crippen LogP contribution >= 0.6 is 0 Å². The predicted molar refractivity (Wildman–Crippen MR) is 417 cm³/mol. The summed E-state index contributed by atoms with van der Waals surface area (Å²) in [5, 5.41) is 36.5. The van der Waals surface area contributed by atoms with E-state index in [-0.39, 0.29) is 0 Å². The minimum atomic E-state index is -0.744. The fraction of sp³-hybridized carbons (Fsp3) is 0.558. The minimum Gasteiger partial charge on any atom is -0.480 e. The van der Waals surface area contributed by atoms with Crippen molar-refractivity contribution in [3.8, 4) is 0 Å². The molecule has 0 aliphatic heterocycles. The Morgan fingerprint density at radius 2 is 0.650 bits per heavy atom. The molecule has 550 valence electrons. The van der Waals surface area contributed by atoms with E-state index in [1.54, 1.807) is 38.6 Å². The normalized spacial score (nSPS) is 13.5. The van der Waals surface area contributed by atoms with Gasteiger partial charge in [0.05, 0.1) is 5.52 Å². The number of aromatic nitrogens is 5. The Hall–Kier alpha value is -7.26. The highest BCUT2D eigenvalue weighted by Crippen LogP contribution is 2.25. The highest BCUT2D eigenvalue weighted by molar-refractivity contribution is 5.77. The van der Waals surface area contributed by atoms with Gasteiger partial charge in [0.25, 0.3) is 0 Å². The lowest BCUT2D eigenvalue weighted by atomic mass is 9.95. The molecule has 100 heavy (non-hydrogen) atoms. The average molecular weight is 1370 g/mol. The standard InChI is InChI=1S/3C19H30N2O2.C9H10.C8H6N2.C6H6.3C2H6/c3*1-20-18(19(22)23)12-6-4-2-3-5-10-16-14-13-15-9-7-8-11-17(15)21-16;1-2-5-9-7-3-6-8(9)4-1;1-2-4-8-7(3-1)5-9-6-10-8;1-2-4-6-5-3-1;3*1-2/h3*13-14,18,20H,2-12H2,1H3,(H,22,23);1-2,4-5H,3,6-7H2;1-6H;1-6H;3*1-2H3. The second kappa shape index (κ2) is 56.4. The lowest BCUT2D eigenvalue weighted by molar-refractivity contribution is -0.140. The monoisotopic (exact) mass is 1370 g/mol. The first kappa shape index (κ1) is 87.0. The summed E-state index contributed by atoms with van der Waals surface area (Å²) in [4.78, 5) is 55.1. The summed E-state index contributed by atoms with van der Waals surface area (Å²) in [5.41, 5.74) is 16.2. The number of nitrogens with zero attached hydrogens (tertiary/aromatic N) is 5. The Labute approximate surface area is 604 Å². The number of carbonyl (C=O) groups is 3. The van der Waals surface area contributed by atoms with E-state index >= 15 is 0 Å². The van der Waals surface area contributed by atoms with Gasteiger partial charge in [0.1, 0.15) is 24.5 Å². The smallest absolute Gasteiger partial charge is 0.320 e. The Bertz CT molecular complexity index is 2900. The minimum absolute atomic E-state index is 0.394. The summed E-state index contributed by atoms with van der Waals surface area (Å²) >= 11 is 0. The Kier molecular flexibility index (Phi) is 49.0. The molecular weight excluding hydrogens is 1240 g/mol. The first-order chi connectivity index (χ1) is 49.0. The molecule has 4 aliphatic carbocycles. The van der Waals surface area contributed by atoms with E-state index in [0.717, 1.165) is 107 Å². The largest absolute Gasteiger partial charge is 0.480 e. The van der Waals surface area contributed by atoms with Gasteiger partial charge in [-0.15, -0.1) is 0 Å². The number of nitrogens with one attached hydrogen (secondary N) is 3. The molecular formula is C86H130N8O6. The van der Waals surface area contributed by atoms with E-state index < -0.39 is 36.0 Å². The molecule has 0 bridgehead atoms. The molecule has 0 spiro atoms. The number of hydrogen-bond donors (Lipinski definition) is 6. The molecule has 4 aromatic heterocycles. The van der Waals surface area contributed by atoms with E-state index in [1.165, 1.54) is 186 Å². The van der Waals surface area contributed by atoms with Crippen LogP contribution in [0.25, 0.3) is 10.9 Å². The Balaban J connectivity index is 0.000000322. The number of carboxylic acid groups (broad SMARTS) is 3. The molecule has 0 amide bonds. The van der Waals surface area contributed by atoms with Gasteiger partial charge in [0.15, 0.2) is 0 Å². The van der Waals surface area contributed by atoms with E-state index in [9.17, 15) is 14.4 Å². The zero-order valence-corrected chi connectivity index (χ0v) is 63.2. The van der Waals surface area contributed by atoms with Crippen LogP contribution in [0.15, 0.2) is 134 Å². The van der Waals surface area contributed by atoms with Crippen molar-refractivity contribution in [1.82, 2.24) is 40.9 Å². The zero-order valence-electron chi connectivity index (χ0n) is 63.2. The van der Waals surface area contributed by atoms with Crippen molar-refractivity contribution >= 4 is 28.8 Å². The second-order valence-corrected chi connectivity index (χ2v) is 25.7. The summed E-state index contributed by atoms with van der Waals surface area (Å²) in [7, 11) is 5.14. The lowest BCUT2D eigenvalue weighted by Gasteiger charge is -2.15. The van der Waals surface area contributed by atoms with Crippen LogP contribution in [0.1, 0.15) is 264 Å². The maximum absolute atomic E-state index is 10.9. The van der Waals surface area contributed by atoms with Crippen molar-refractivity contribution in [1.29, 1.82) is 0 Å². The molecule has 0 saturated heterocycles. The van der Waals surface area contributed by atoms with Crippen LogP contribution in [0.3, 0.4) is 0 Å². The van der Waals surface area contributed by atoms with Crippen molar-refractivity contribution in [2.24, 2.45) is 0 Å². The van der Waals surface area contributed by atoms with Gasteiger partial charge in [-0.3, -0.25) is 29.3 Å². The second-order valence-electron chi connectivity index (χ2n) is 25.7. The molecule has 0 radical (unpaired) electrons. The number of likely N-dealkylation sites (N-methyl/N-ethyl adjacent to an activating group) is 3. The molecule has 14 nitrogen and oxygen atoms in total. The maximum atomic E-state index is 10.9. The summed E-state index contributed by atoms with van der Waals surface area (Å²) in [6, 6.07) is 40.9. The predicted octanol–water partition coefficient (Wildman–Crippen LogP) is 19.1. The third-order valence-corrected chi connectivity index (χ3v) is 18.5. The lowest BCUT2D eigenvalue weighted by Crippen LogP contribution is -2.33. The molecule has 11 rings (SSSR count). The number of hydrogen-bond acceptors (Lipinski definition) is 11. The van der Waals surface area contributed by atoms with Crippen LogP contribution in [0.4, 0.5) is 0 Å². The molecule has 6 N–H and O–H groups in total. The van der Waals surface area contributed by atoms with Gasteiger partial charge in [-0.2, -0.15) is 0 Å². The van der Waals surface area contributed by atoms with Gasteiger partial charge in [-0.05, 0) is 227 Å². The molecule has 4 heterocycles. The average Bonchev–Trinajstić information content (AvgIpc) is 1.16. The number of pyridine rings is 3. The number of unbranched alkanes of at least 4 members (excludes halogenated alkanes) is 12. The highest BCUT2D eigenvalue weighted by atomic mass is 16.4. The van der Waals surface area contributed by atoms with Crippen LogP contribution in [0.2, 0.25) is 0 Å². The molecule has 0 fully saturated rings. The van der Waals surface area contributed by atoms with Crippen LogP contribution < -0.4 is 16.0 Å². The van der Waals surface area contributed by atoms with Crippen molar-refractivity contribution < 1.29 is 29.7 Å². The van der Waals surface area contributed by atoms with Gasteiger partial charge in [0.2, 0.25) is 0 Å². The molecule has 7 aromatic rings. The van der Waals surface area contributed by atoms with Gasteiger partial charge < -0.3 is 31.3 Å². The number of benzene rings is 3. The third kappa shape index (κ3) is 36.4. The number of rotatable bonds is 30. The number of aliphatic carboxylic acids is 3. The van der Waals surface area contributed by atoms with Crippen molar-refractivity contribution in [3.63, 3.8) is 0 Å². The molecule has 3 unspecified atom stereocenters. The van der Waals surface area contributed by atoms with Gasteiger partial charge in [-0.1, -0.05) is 216 Å². The van der Waals surface area contributed by atoms with E-state index in [4.69, 9.17) is 30.3 Å². The molecule has 3 aromatic carbocycles. The van der Waals surface area contributed by atoms with E-state index in [2.05, 4.69) is 86.6 Å². The number of aryl methyl sites for hydroxylation is 11. The molecule has 4 aliphatic rings. The van der Waals surface area contributed by atoms with E-state index in [0.29, 0.717) is 0 Å². The highest BCUT2D eigenvalue weighted by Gasteiger charge is 2.18. The van der Waals surface area contributed by atoms with E-state index in [1.807, 2.05) is 108 Å². The fourth-order valence-corrected chi connectivity index (χ4v) is 12.9. The van der Waals surface area contributed by atoms with Gasteiger partial charge in [-0.25, -0.2) is 9.97 Å². The molecule has 14 heteroatoms. The SMILES string of the molecule is CC.CC.CC.CNC(CCCCCCCc1ccc2c(n1)CCCC2)C(=O)O.CNC(CCCCCCCc1ccc2c(n1)CCCC2)C(=O)O.CNC(CCCCCCCc1ccc2c(n1)CCCC2)C(=O)O.c1ccc2c(c1)CCC2.c1ccc2ncncc2c1.c1ccccc1. The number of fused-ring (bicyclic) bond motifs is 5.